The average molecular weight is 205 g/mol. The lowest BCUT2D eigenvalue weighted by molar-refractivity contribution is -0.142. The molecule has 0 fully saturated rings. The number of carbonyl (C=O) groups is 1. The molecule has 0 aliphatic rings. The molecule has 1 unspecified atom stereocenters. The van der Waals surface area contributed by atoms with Gasteiger partial charge in [-0.1, -0.05) is 0 Å². The van der Waals surface area contributed by atoms with E-state index < -0.39 is 0 Å². The van der Waals surface area contributed by atoms with Gasteiger partial charge < -0.3 is 19.9 Å². The van der Waals surface area contributed by atoms with Crippen molar-refractivity contribution in [2.24, 2.45) is 0 Å². The minimum atomic E-state index is -0.286. The predicted octanol–water partition coefficient (Wildman–Crippen LogP) is -0.463. The highest BCUT2D eigenvalue weighted by Crippen LogP contribution is 1.91. The van der Waals surface area contributed by atoms with Gasteiger partial charge in [0.2, 0.25) is 0 Å². The smallest absolute Gasteiger partial charge is 0.319 e. The summed E-state index contributed by atoms with van der Waals surface area (Å²) in [4.78, 5) is 11.0. The van der Waals surface area contributed by atoms with Gasteiger partial charge in [-0.3, -0.25) is 4.79 Å². The molecule has 5 heteroatoms. The lowest BCUT2D eigenvalue weighted by atomic mass is 10.2. The molecule has 0 aromatic carbocycles. The van der Waals surface area contributed by atoms with Gasteiger partial charge in [-0.25, -0.2) is 0 Å². The van der Waals surface area contributed by atoms with Crippen LogP contribution in [0.4, 0.5) is 0 Å². The maximum absolute atomic E-state index is 11.0. The van der Waals surface area contributed by atoms with Crippen LogP contribution in [0.1, 0.15) is 13.3 Å². The molecule has 2 N–H and O–H groups in total. The van der Waals surface area contributed by atoms with E-state index in [-0.39, 0.29) is 25.2 Å². The zero-order valence-corrected chi connectivity index (χ0v) is 8.78. The lowest BCUT2D eigenvalue weighted by Gasteiger charge is -2.15. The highest BCUT2D eigenvalue weighted by Gasteiger charge is 2.09. The number of esters is 1. The molecule has 0 spiro atoms. The van der Waals surface area contributed by atoms with Gasteiger partial charge in [0, 0.05) is 19.8 Å². The summed E-state index contributed by atoms with van der Waals surface area (Å²) in [5.74, 6) is -0.286. The zero-order valence-electron chi connectivity index (χ0n) is 8.78. The zero-order chi connectivity index (χ0) is 10.8. The fourth-order valence-corrected chi connectivity index (χ4v) is 1.04. The van der Waals surface area contributed by atoms with Gasteiger partial charge in [-0.2, -0.15) is 0 Å². The molecule has 5 nitrogen and oxygen atoms in total. The molecule has 14 heavy (non-hydrogen) atoms. The summed E-state index contributed by atoms with van der Waals surface area (Å²) in [7, 11) is 1.58. The number of rotatable bonds is 8. The largest absolute Gasteiger partial charge is 0.465 e. The maximum atomic E-state index is 11.0. The topological polar surface area (TPSA) is 67.8 Å². The van der Waals surface area contributed by atoms with Gasteiger partial charge in [0.25, 0.3) is 0 Å². The van der Waals surface area contributed by atoms with Crippen LogP contribution in [-0.4, -0.2) is 50.6 Å². The van der Waals surface area contributed by atoms with E-state index in [1.54, 1.807) is 14.0 Å². The standard InChI is InChI=1S/C9H19NO4/c1-3-14-9(12)6-10-8(4-5-11)7-13-2/h8,10-11H,3-7H2,1-2H3. The third kappa shape index (κ3) is 6.82. The average Bonchev–Trinajstić information content (AvgIpc) is 2.15. The van der Waals surface area contributed by atoms with Crippen molar-refractivity contribution in [1.29, 1.82) is 0 Å². The van der Waals surface area contributed by atoms with Gasteiger partial charge in [-0.05, 0) is 13.3 Å². The van der Waals surface area contributed by atoms with Crippen LogP contribution >= 0.6 is 0 Å². The summed E-state index contributed by atoms with van der Waals surface area (Å²) in [6.07, 6.45) is 0.563. The first kappa shape index (κ1) is 13.4. The van der Waals surface area contributed by atoms with Crippen molar-refractivity contribution in [1.82, 2.24) is 5.32 Å². The Labute approximate surface area is 84.4 Å². The first-order valence-electron chi connectivity index (χ1n) is 4.73. The number of aliphatic hydroxyl groups excluding tert-OH is 1. The number of hydrogen-bond acceptors (Lipinski definition) is 5. The molecule has 0 bridgehead atoms. The van der Waals surface area contributed by atoms with Crippen molar-refractivity contribution >= 4 is 5.97 Å². The predicted molar refractivity (Wildman–Crippen MR) is 52.0 cm³/mol. The highest BCUT2D eigenvalue weighted by molar-refractivity contribution is 5.71. The van der Waals surface area contributed by atoms with Crippen LogP contribution in [0.15, 0.2) is 0 Å². The molecule has 1 atom stereocenters. The van der Waals surface area contributed by atoms with Crippen molar-refractivity contribution in [3.8, 4) is 0 Å². The number of aliphatic hydroxyl groups is 1. The van der Waals surface area contributed by atoms with E-state index in [1.165, 1.54) is 0 Å². The van der Waals surface area contributed by atoms with Gasteiger partial charge >= 0.3 is 5.97 Å². The summed E-state index contributed by atoms with van der Waals surface area (Å²) in [6, 6.07) is -0.00518. The van der Waals surface area contributed by atoms with E-state index in [0.717, 1.165) is 0 Å². The molecule has 84 valence electrons. The van der Waals surface area contributed by atoms with Crippen LogP contribution in [-0.2, 0) is 14.3 Å². The van der Waals surface area contributed by atoms with Gasteiger partial charge in [-0.15, -0.1) is 0 Å². The highest BCUT2D eigenvalue weighted by atomic mass is 16.5. The van der Waals surface area contributed by atoms with Crippen LogP contribution in [0, 0.1) is 0 Å². The molecule has 0 saturated carbocycles. The molecule has 0 aromatic heterocycles. The Hall–Kier alpha value is -0.650. The third-order valence-electron chi connectivity index (χ3n) is 1.69. The summed E-state index contributed by atoms with van der Waals surface area (Å²) in [5.41, 5.74) is 0. The summed E-state index contributed by atoms with van der Waals surface area (Å²) >= 11 is 0. The third-order valence-corrected chi connectivity index (χ3v) is 1.69. The Morgan fingerprint density at radius 1 is 1.57 bits per heavy atom. The number of methoxy groups -OCH3 is 1. The van der Waals surface area contributed by atoms with Crippen molar-refractivity contribution in [2.45, 2.75) is 19.4 Å². The summed E-state index contributed by atoms with van der Waals surface area (Å²) < 4.78 is 9.67. The number of nitrogens with one attached hydrogen (secondary N) is 1. The Kier molecular flexibility index (Phi) is 8.51. The molecule has 0 amide bonds. The van der Waals surface area contributed by atoms with E-state index in [2.05, 4.69) is 5.32 Å². The van der Waals surface area contributed by atoms with Crippen molar-refractivity contribution in [2.75, 3.05) is 33.5 Å². The van der Waals surface area contributed by atoms with E-state index in [9.17, 15) is 4.79 Å². The molecule has 0 rings (SSSR count). The minimum Gasteiger partial charge on any atom is -0.465 e. The normalized spacial score (nSPS) is 12.5. The SMILES string of the molecule is CCOC(=O)CNC(CCO)COC. The van der Waals surface area contributed by atoms with Crippen LogP contribution in [0.5, 0.6) is 0 Å². The van der Waals surface area contributed by atoms with Gasteiger partial charge in [0.15, 0.2) is 0 Å². The van der Waals surface area contributed by atoms with Crippen LogP contribution in [0.3, 0.4) is 0 Å². The Morgan fingerprint density at radius 2 is 2.29 bits per heavy atom. The number of hydrogen-bond donors (Lipinski definition) is 2. The second kappa shape index (κ2) is 8.93. The Morgan fingerprint density at radius 3 is 2.79 bits per heavy atom. The Bertz CT molecular complexity index is 146. The fourth-order valence-electron chi connectivity index (χ4n) is 1.04. The van der Waals surface area contributed by atoms with Crippen LogP contribution in [0.25, 0.3) is 0 Å². The molecule has 0 radical (unpaired) electrons. The first-order valence-corrected chi connectivity index (χ1v) is 4.73. The van der Waals surface area contributed by atoms with Crippen LogP contribution in [0.2, 0.25) is 0 Å². The van der Waals surface area contributed by atoms with Crippen molar-refractivity contribution in [3.63, 3.8) is 0 Å². The first-order chi connectivity index (χ1) is 6.74. The maximum Gasteiger partial charge on any atom is 0.319 e. The quantitative estimate of drug-likeness (QED) is 0.525. The Balaban J connectivity index is 3.63. The van der Waals surface area contributed by atoms with Gasteiger partial charge in [0.05, 0.1) is 19.8 Å². The van der Waals surface area contributed by atoms with E-state index in [4.69, 9.17) is 14.6 Å². The molecule has 0 saturated heterocycles. The van der Waals surface area contributed by atoms with E-state index >= 15 is 0 Å². The molecule has 0 aliphatic heterocycles. The van der Waals surface area contributed by atoms with E-state index in [1.807, 2.05) is 0 Å². The molecule has 0 aliphatic carbocycles. The summed E-state index contributed by atoms with van der Waals surface area (Å²) in [6.45, 7) is 2.85. The fraction of sp³-hybridized carbons (Fsp3) is 0.889. The van der Waals surface area contributed by atoms with Crippen molar-refractivity contribution in [3.05, 3.63) is 0 Å². The number of ether oxygens (including phenoxy) is 2. The second-order valence-corrected chi connectivity index (χ2v) is 2.85. The van der Waals surface area contributed by atoms with Gasteiger partial charge in [0.1, 0.15) is 0 Å². The molecular formula is C9H19NO4. The van der Waals surface area contributed by atoms with E-state index in [0.29, 0.717) is 19.6 Å². The molecule has 0 heterocycles. The number of carbonyl (C=O) groups excluding carboxylic acids is 1. The minimum absolute atomic E-state index is 0.00518. The second-order valence-electron chi connectivity index (χ2n) is 2.85. The van der Waals surface area contributed by atoms with Crippen molar-refractivity contribution < 1.29 is 19.4 Å². The molecular weight excluding hydrogens is 186 g/mol. The van der Waals surface area contributed by atoms with Crippen LogP contribution < -0.4 is 5.32 Å². The monoisotopic (exact) mass is 205 g/mol. The summed E-state index contributed by atoms with van der Waals surface area (Å²) in [5, 5.41) is 11.7. The molecule has 0 aromatic rings. The lowest BCUT2D eigenvalue weighted by Crippen LogP contribution is -2.38.